The molecule has 2 aliphatic heterocycles. The van der Waals surface area contributed by atoms with Crippen LogP contribution in [-0.2, 0) is 4.74 Å². The number of nitrogens with zero attached hydrogens (tertiary/aromatic N) is 3. The molecule has 4 heterocycles. The maximum Gasteiger partial charge on any atom is 0.410 e. The summed E-state index contributed by atoms with van der Waals surface area (Å²) in [7, 11) is 0. The fraction of sp³-hybridized carbons (Fsp3) is 0.560. The van der Waals surface area contributed by atoms with E-state index in [1.165, 1.54) is 24.8 Å². The van der Waals surface area contributed by atoms with Crippen LogP contribution in [0.1, 0.15) is 82.5 Å². The highest BCUT2D eigenvalue weighted by Gasteiger charge is 2.31. The molecule has 180 valence electrons. The standard InChI is InChI=1S/C15H21BrN2O2.C10H13BrN2/c1-15(2,3)20-14(19)18-7-5-4-6-13(18)11-8-12(16)10-17-9-11;11-9-5-8(6-12-7-9)10-3-1-2-4-13-10/h8-10,13H,4-7H2,1-3H3;5-7,10,13H,1-4H2/t13-;10-/m00/s1. The molecule has 6 nitrogen and oxygen atoms in total. The van der Waals surface area contributed by atoms with Crippen molar-refractivity contribution in [3.8, 4) is 0 Å². The molecule has 1 amide bonds. The summed E-state index contributed by atoms with van der Waals surface area (Å²) in [4.78, 5) is 22.6. The predicted octanol–water partition coefficient (Wildman–Crippen LogP) is 6.96. The van der Waals surface area contributed by atoms with E-state index in [1.54, 1.807) is 6.20 Å². The molecule has 0 unspecified atom stereocenters. The fourth-order valence-corrected chi connectivity index (χ4v) is 4.95. The van der Waals surface area contributed by atoms with Crippen LogP contribution in [0.25, 0.3) is 0 Å². The van der Waals surface area contributed by atoms with Crippen LogP contribution < -0.4 is 5.32 Å². The summed E-state index contributed by atoms with van der Waals surface area (Å²) in [6, 6.07) is 4.75. The van der Waals surface area contributed by atoms with Crippen molar-refractivity contribution < 1.29 is 9.53 Å². The van der Waals surface area contributed by atoms with Crippen LogP contribution in [0.3, 0.4) is 0 Å². The summed E-state index contributed by atoms with van der Waals surface area (Å²) in [5.41, 5.74) is 1.90. The van der Waals surface area contributed by atoms with Crippen molar-refractivity contribution in [2.24, 2.45) is 0 Å². The van der Waals surface area contributed by atoms with E-state index >= 15 is 0 Å². The van der Waals surface area contributed by atoms with Crippen molar-refractivity contribution in [2.45, 2.75) is 77.0 Å². The predicted molar refractivity (Wildman–Crippen MR) is 138 cm³/mol. The number of aromatic nitrogens is 2. The van der Waals surface area contributed by atoms with E-state index in [4.69, 9.17) is 4.74 Å². The second kappa shape index (κ2) is 12.3. The molecule has 2 aliphatic rings. The second-order valence-electron chi connectivity index (χ2n) is 9.56. The van der Waals surface area contributed by atoms with Gasteiger partial charge in [-0.15, -0.1) is 0 Å². The van der Waals surface area contributed by atoms with Gasteiger partial charge in [0.15, 0.2) is 0 Å². The quantitative estimate of drug-likeness (QED) is 0.415. The van der Waals surface area contributed by atoms with Crippen LogP contribution in [-0.4, -0.2) is 39.7 Å². The fourth-order valence-electron chi connectivity index (χ4n) is 4.18. The lowest BCUT2D eigenvalue weighted by Gasteiger charge is -2.36. The highest BCUT2D eigenvalue weighted by Crippen LogP contribution is 2.32. The molecule has 1 N–H and O–H groups in total. The molecule has 2 aromatic rings. The van der Waals surface area contributed by atoms with Crippen molar-refractivity contribution in [3.63, 3.8) is 0 Å². The number of piperidine rings is 2. The molecule has 0 radical (unpaired) electrons. The number of hydrogen-bond acceptors (Lipinski definition) is 5. The Morgan fingerprint density at radius 1 is 0.970 bits per heavy atom. The molecule has 2 saturated heterocycles. The Morgan fingerprint density at radius 2 is 1.61 bits per heavy atom. The minimum absolute atomic E-state index is 0.0589. The zero-order valence-electron chi connectivity index (χ0n) is 19.7. The largest absolute Gasteiger partial charge is 0.444 e. The molecule has 2 fully saturated rings. The summed E-state index contributed by atoms with van der Waals surface area (Å²) < 4.78 is 7.52. The van der Waals surface area contributed by atoms with Gasteiger partial charge in [0.2, 0.25) is 0 Å². The number of halogens is 2. The Labute approximate surface area is 214 Å². The van der Waals surface area contributed by atoms with E-state index < -0.39 is 5.60 Å². The van der Waals surface area contributed by atoms with E-state index in [0.717, 1.165) is 46.9 Å². The van der Waals surface area contributed by atoms with Gasteiger partial charge in [-0.3, -0.25) is 9.97 Å². The van der Waals surface area contributed by atoms with Crippen molar-refractivity contribution in [1.29, 1.82) is 0 Å². The topological polar surface area (TPSA) is 67.4 Å². The Bertz CT molecular complexity index is 913. The minimum Gasteiger partial charge on any atom is -0.444 e. The molecule has 0 aromatic carbocycles. The molecule has 0 aliphatic carbocycles. The number of likely N-dealkylation sites (tertiary alicyclic amines) is 1. The Hall–Kier alpha value is -1.51. The zero-order valence-corrected chi connectivity index (χ0v) is 22.9. The molecule has 33 heavy (non-hydrogen) atoms. The molecule has 4 rings (SSSR count). The third kappa shape index (κ3) is 8.34. The van der Waals surface area contributed by atoms with Crippen molar-refractivity contribution in [2.75, 3.05) is 13.1 Å². The third-order valence-electron chi connectivity index (χ3n) is 5.68. The highest BCUT2D eigenvalue weighted by molar-refractivity contribution is 9.10. The van der Waals surface area contributed by atoms with Crippen LogP contribution in [0.2, 0.25) is 0 Å². The van der Waals surface area contributed by atoms with Crippen molar-refractivity contribution >= 4 is 38.0 Å². The van der Waals surface area contributed by atoms with Crippen molar-refractivity contribution in [3.05, 3.63) is 57.0 Å². The number of pyridine rings is 2. The van der Waals surface area contributed by atoms with Crippen LogP contribution in [0.4, 0.5) is 4.79 Å². The Kier molecular flexibility index (Phi) is 9.70. The molecular formula is C25H34Br2N4O2. The Balaban J connectivity index is 0.000000203. The van der Waals surface area contributed by atoms with Crippen LogP contribution in [0, 0.1) is 0 Å². The number of ether oxygens (including phenoxy) is 1. The van der Waals surface area contributed by atoms with E-state index in [-0.39, 0.29) is 12.1 Å². The highest BCUT2D eigenvalue weighted by atomic mass is 79.9. The van der Waals surface area contributed by atoms with Gasteiger partial charge in [0, 0.05) is 46.3 Å². The van der Waals surface area contributed by atoms with E-state index in [2.05, 4.69) is 53.2 Å². The first-order valence-electron chi connectivity index (χ1n) is 11.7. The lowest BCUT2D eigenvalue weighted by Crippen LogP contribution is -2.41. The molecular weight excluding hydrogens is 548 g/mol. The lowest BCUT2D eigenvalue weighted by atomic mass is 9.97. The van der Waals surface area contributed by atoms with Gasteiger partial charge in [-0.05, 0) is 115 Å². The first-order chi connectivity index (χ1) is 15.7. The number of carbonyl (C=O) groups is 1. The average molecular weight is 582 g/mol. The van der Waals surface area contributed by atoms with E-state index in [1.807, 2.05) is 50.3 Å². The third-order valence-corrected chi connectivity index (χ3v) is 6.55. The van der Waals surface area contributed by atoms with Gasteiger partial charge < -0.3 is 15.0 Å². The smallest absolute Gasteiger partial charge is 0.410 e. The number of hydrogen-bond donors (Lipinski definition) is 1. The maximum absolute atomic E-state index is 12.4. The molecule has 2 atom stereocenters. The molecule has 0 saturated carbocycles. The maximum atomic E-state index is 12.4. The van der Waals surface area contributed by atoms with Crippen LogP contribution >= 0.6 is 31.9 Å². The SMILES string of the molecule is Brc1cncc([C@@H]2CCCCN2)c1.CC(C)(C)OC(=O)N1CCCC[C@H]1c1cncc(Br)c1. The summed E-state index contributed by atoms with van der Waals surface area (Å²) in [5.74, 6) is 0. The molecule has 0 spiro atoms. The number of nitrogens with one attached hydrogen (secondary N) is 1. The van der Waals surface area contributed by atoms with Gasteiger partial charge in [-0.2, -0.15) is 0 Å². The molecule has 0 bridgehead atoms. The number of amides is 1. The minimum atomic E-state index is -0.464. The van der Waals surface area contributed by atoms with Crippen molar-refractivity contribution in [1.82, 2.24) is 20.2 Å². The van der Waals surface area contributed by atoms with Gasteiger partial charge in [0.05, 0.1) is 6.04 Å². The van der Waals surface area contributed by atoms with E-state index in [9.17, 15) is 4.79 Å². The van der Waals surface area contributed by atoms with Gasteiger partial charge in [-0.25, -0.2) is 4.79 Å². The molecule has 8 heteroatoms. The summed E-state index contributed by atoms with van der Waals surface area (Å²) in [5, 5.41) is 3.50. The van der Waals surface area contributed by atoms with Gasteiger partial charge in [0.25, 0.3) is 0 Å². The summed E-state index contributed by atoms with van der Waals surface area (Å²) in [6.45, 7) is 7.56. The number of rotatable bonds is 2. The summed E-state index contributed by atoms with van der Waals surface area (Å²) in [6.07, 6.45) is 14.1. The van der Waals surface area contributed by atoms with Gasteiger partial charge in [-0.1, -0.05) is 6.42 Å². The van der Waals surface area contributed by atoms with Crippen LogP contribution in [0.15, 0.2) is 45.9 Å². The zero-order chi connectivity index (χ0) is 23.8. The Morgan fingerprint density at radius 3 is 2.21 bits per heavy atom. The van der Waals surface area contributed by atoms with Gasteiger partial charge >= 0.3 is 6.09 Å². The first-order valence-corrected chi connectivity index (χ1v) is 13.3. The van der Waals surface area contributed by atoms with Crippen LogP contribution in [0.5, 0.6) is 0 Å². The molecule has 2 aromatic heterocycles. The summed E-state index contributed by atoms with van der Waals surface area (Å²) >= 11 is 6.88. The van der Waals surface area contributed by atoms with Gasteiger partial charge in [0.1, 0.15) is 5.60 Å². The monoisotopic (exact) mass is 580 g/mol. The first kappa shape index (κ1) is 26.1. The van der Waals surface area contributed by atoms with E-state index in [0.29, 0.717) is 6.04 Å². The number of carbonyl (C=O) groups excluding carboxylic acids is 1. The lowest BCUT2D eigenvalue weighted by molar-refractivity contribution is 0.00947. The normalized spacial score (nSPS) is 21.1. The second-order valence-corrected chi connectivity index (χ2v) is 11.4. The average Bonchev–Trinajstić information content (AvgIpc) is 2.79.